The molecule has 3 aliphatic rings. The number of nitrogens with two attached hydrogens (primary N) is 2. The van der Waals surface area contributed by atoms with Crippen LogP contribution in [-0.4, -0.2) is 23.7 Å². The summed E-state index contributed by atoms with van der Waals surface area (Å²) in [5.74, 6) is -1.61. The minimum Gasteiger partial charge on any atom is -0.484 e. The number of guanidine groups is 2. The van der Waals surface area contributed by atoms with Crippen LogP contribution in [-0.2, 0) is 0 Å². The Hall–Kier alpha value is -2.38. The Kier molecular flexibility index (Phi) is 4.20. The van der Waals surface area contributed by atoms with Crippen LogP contribution in [0, 0.1) is 11.6 Å². The molecule has 1 aromatic carbocycles. The number of aliphatic imine (C=N–C) groups is 2. The van der Waals surface area contributed by atoms with Crippen LogP contribution in [0.1, 0.15) is 51.4 Å². The zero-order chi connectivity index (χ0) is 18.3. The Labute approximate surface area is 150 Å². The van der Waals surface area contributed by atoms with E-state index in [1.54, 1.807) is 4.90 Å². The van der Waals surface area contributed by atoms with Crippen LogP contribution in [0.15, 0.2) is 22.1 Å². The molecule has 0 radical (unpaired) electrons. The van der Waals surface area contributed by atoms with Crippen LogP contribution in [0.5, 0.6) is 5.75 Å². The number of hydrogen-bond acceptors (Lipinski definition) is 6. The Balaban J connectivity index is 1.71. The molecule has 0 bridgehead atoms. The minimum atomic E-state index is -0.742. The average molecular weight is 363 g/mol. The molecule has 0 aromatic heterocycles. The second-order valence-corrected chi connectivity index (χ2v) is 7.23. The Morgan fingerprint density at radius 2 is 1.69 bits per heavy atom. The zero-order valence-electron chi connectivity index (χ0n) is 14.5. The van der Waals surface area contributed by atoms with E-state index in [9.17, 15) is 8.78 Å². The van der Waals surface area contributed by atoms with Crippen molar-refractivity contribution in [2.75, 3.05) is 4.90 Å². The molecule has 0 amide bonds. The quantitative estimate of drug-likeness (QED) is 0.864. The third kappa shape index (κ3) is 2.87. The first kappa shape index (κ1) is 17.1. The fourth-order valence-electron chi connectivity index (χ4n) is 3.94. The molecule has 6 nitrogen and oxygen atoms in total. The molecule has 2 aliphatic carbocycles. The fraction of sp³-hybridized carbons (Fsp3) is 0.556. The lowest BCUT2D eigenvalue weighted by atomic mass is 9.87. The molecule has 8 heteroatoms. The summed E-state index contributed by atoms with van der Waals surface area (Å²) in [6.45, 7) is 0. The predicted octanol–water partition coefficient (Wildman–Crippen LogP) is 3.01. The summed E-state index contributed by atoms with van der Waals surface area (Å²) in [6.07, 6.45) is 6.92. The van der Waals surface area contributed by atoms with E-state index in [0.29, 0.717) is 12.8 Å². The van der Waals surface area contributed by atoms with Gasteiger partial charge in [-0.3, -0.25) is 4.90 Å². The van der Waals surface area contributed by atoms with Crippen LogP contribution in [0.3, 0.4) is 0 Å². The molecule has 2 fully saturated rings. The normalized spacial score (nSPS) is 22.6. The van der Waals surface area contributed by atoms with Gasteiger partial charge >= 0.3 is 0 Å². The summed E-state index contributed by atoms with van der Waals surface area (Å²) in [5.41, 5.74) is 11.5. The number of anilines is 1. The summed E-state index contributed by atoms with van der Waals surface area (Å²) in [5, 5.41) is 0. The maximum Gasteiger partial charge on any atom is 0.220 e. The summed E-state index contributed by atoms with van der Waals surface area (Å²) >= 11 is 0. The highest BCUT2D eigenvalue weighted by Crippen LogP contribution is 2.41. The van der Waals surface area contributed by atoms with Gasteiger partial charge in [0.25, 0.3) is 0 Å². The summed E-state index contributed by atoms with van der Waals surface area (Å²) in [6, 6.07) is 2.49. The predicted molar refractivity (Wildman–Crippen MR) is 96.2 cm³/mol. The molecular weight excluding hydrogens is 340 g/mol. The number of rotatable bonds is 3. The molecule has 4 N–H and O–H groups in total. The van der Waals surface area contributed by atoms with Gasteiger partial charge in [-0.15, -0.1) is 0 Å². The van der Waals surface area contributed by atoms with Gasteiger partial charge in [0.05, 0.1) is 11.8 Å². The fourth-order valence-corrected chi connectivity index (χ4v) is 3.94. The molecule has 2 saturated carbocycles. The molecule has 1 aromatic rings. The minimum absolute atomic E-state index is 0.103. The summed E-state index contributed by atoms with van der Waals surface area (Å²) in [7, 11) is 0. The maximum atomic E-state index is 14.6. The highest BCUT2D eigenvalue weighted by molar-refractivity contribution is 6.05. The van der Waals surface area contributed by atoms with Crippen molar-refractivity contribution in [3.05, 3.63) is 23.8 Å². The second kappa shape index (κ2) is 6.41. The molecule has 0 atom stereocenters. The Bertz CT molecular complexity index is 746. The average Bonchev–Trinajstić information content (AvgIpc) is 2.52. The molecule has 4 rings (SSSR count). The van der Waals surface area contributed by atoms with Crippen molar-refractivity contribution in [3.63, 3.8) is 0 Å². The lowest BCUT2D eigenvalue weighted by Crippen LogP contribution is -2.58. The van der Waals surface area contributed by atoms with Crippen LogP contribution < -0.4 is 21.1 Å². The topological polar surface area (TPSA) is 89.2 Å². The summed E-state index contributed by atoms with van der Waals surface area (Å²) < 4.78 is 34.7. The third-order valence-corrected chi connectivity index (χ3v) is 5.43. The smallest absolute Gasteiger partial charge is 0.220 e. The SMILES string of the molecule is NC1=NC2(CCCCC2)N(c2cc(F)c(OC3CCC3)c(F)c2)C(N)=N1. The van der Waals surface area contributed by atoms with Gasteiger partial charge in [0.1, 0.15) is 5.66 Å². The van der Waals surface area contributed by atoms with Crippen molar-refractivity contribution < 1.29 is 13.5 Å². The van der Waals surface area contributed by atoms with Gasteiger partial charge in [0.2, 0.25) is 11.9 Å². The highest BCUT2D eigenvalue weighted by atomic mass is 19.1. The monoisotopic (exact) mass is 363 g/mol. The van der Waals surface area contributed by atoms with Gasteiger partial charge in [-0.2, -0.15) is 4.99 Å². The first-order chi connectivity index (χ1) is 12.5. The van der Waals surface area contributed by atoms with Gasteiger partial charge in [-0.05, 0) is 44.9 Å². The van der Waals surface area contributed by atoms with E-state index in [1.807, 2.05) is 0 Å². The summed E-state index contributed by atoms with van der Waals surface area (Å²) in [4.78, 5) is 10.1. The van der Waals surface area contributed by atoms with Gasteiger partial charge < -0.3 is 16.2 Å². The van der Waals surface area contributed by atoms with Crippen molar-refractivity contribution in [2.24, 2.45) is 21.5 Å². The van der Waals surface area contributed by atoms with Crippen molar-refractivity contribution in [1.82, 2.24) is 0 Å². The maximum absolute atomic E-state index is 14.6. The first-order valence-electron chi connectivity index (χ1n) is 9.14. The van der Waals surface area contributed by atoms with Gasteiger partial charge in [0.15, 0.2) is 17.4 Å². The molecule has 1 aliphatic heterocycles. The van der Waals surface area contributed by atoms with Crippen LogP contribution in [0.2, 0.25) is 0 Å². The van der Waals surface area contributed by atoms with Gasteiger partial charge in [0, 0.05) is 12.1 Å². The number of nitrogens with zero attached hydrogens (tertiary/aromatic N) is 3. The van der Waals surface area contributed by atoms with Crippen LogP contribution in [0.4, 0.5) is 14.5 Å². The van der Waals surface area contributed by atoms with Crippen molar-refractivity contribution >= 4 is 17.6 Å². The highest BCUT2D eigenvalue weighted by Gasteiger charge is 2.43. The third-order valence-electron chi connectivity index (χ3n) is 5.43. The molecule has 26 heavy (non-hydrogen) atoms. The number of ether oxygens (including phenoxy) is 1. The van der Waals surface area contributed by atoms with Crippen LogP contribution >= 0.6 is 0 Å². The molecule has 1 spiro atoms. The lowest BCUT2D eigenvalue weighted by Gasteiger charge is -2.45. The molecule has 140 valence electrons. The van der Waals surface area contributed by atoms with Gasteiger partial charge in [-0.1, -0.05) is 6.42 Å². The van der Waals surface area contributed by atoms with Crippen molar-refractivity contribution in [1.29, 1.82) is 0 Å². The van der Waals surface area contributed by atoms with Gasteiger partial charge in [-0.25, -0.2) is 13.8 Å². The van der Waals surface area contributed by atoms with Crippen LogP contribution in [0.25, 0.3) is 0 Å². The van der Waals surface area contributed by atoms with Crippen molar-refractivity contribution in [3.8, 4) is 5.75 Å². The van der Waals surface area contributed by atoms with E-state index in [4.69, 9.17) is 16.2 Å². The number of halogens is 2. The number of hydrogen-bond donors (Lipinski definition) is 2. The standard InChI is InChI=1S/C18H23F2N5O/c19-13-9-11(10-14(20)15(13)26-12-5-4-6-12)25-17(22)23-16(21)24-18(25)7-2-1-3-8-18/h9-10,12H,1-8H2,(H4,21,22,23,24). The molecule has 1 heterocycles. The van der Waals surface area contributed by atoms with E-state index in [1.165, 1.54) is 12.1 Å². The van der Waals surface area contributed by atoms with E-state index in [2.05, 4.69) is 9.98 Å². The molecular formula is C18H23F2N5O. The first-order valence-corrected chi connectivity index (χ1v) is 9.14. The molecule has 0 saturated heterocycles. The number of benzene rings is 1. The second-order valence-electron chi connectivity index (χ2n) is 7.23. The zero-order valence-corrected chi connectivity index (χ0v) is 14.5. The van der Waals surface area contributed by atoms with E-state index < -0.39 is 17.3 Å². The van der Waals surface area contributed by atoms with Crippen molar-refractivity contribution in [2.45, 2.75) is 63.1 Å². The lowest BCUT2D eigenvalue weighted by molar-refractivity contribution is 0.109. The van der Waals surface area contributed by atoms with E-state index >= 15 is 0 Å². The Morgan fingerprint density at radius 1 is 1.04 bits per heavy atom. The van der Waals surface area contributed by atoms with E-state index in [-0.39, 0.29) is 29.5 Å². The van der Waals surface area contributed by atoms with E-state index in [0.717, 1.165) is 38.5 Å². The Morgan fingerprint density at radius 3 is 2.27 bits per heavy atom. The largest absolute Gasteiger partial charge is 0.484 e. The molecule has 0 unspecified atom stereocenters.